The summed E-state index contributed by atoms with van der Waals surface area (Å²) in [4.78, 5) is 27.5. The van der Waals surface area contributed by atoms with Gasteiger partial charge in [0.2, 0.25) is 11.8 Å². The SMILES string of the molecule is CCCC1=C([C@H](O)CC/C(=C/c2cc(Br)ccc2O)CC)[C@H](CO)[C@@H]2C(=O)N(CCC)C(=O)[C@@H]2C1. The van der Waals surface area contributed by atoms with Crippen LogP contribution in [0.1, 0.15) is 71.3 Å². The van der Waals surface area contributed by atoms with Crippen molar-refractivity contribution in [3.63, 3.8) is 0 Å². The van der Waals surface area contributed by atoms with Crippen LogP contribution in [0.5, 0.6) is 5.75 Å². The molecule has 1 aliphatic carbocycles. The van der Waals surface area contributed by atoms with Gasteiger partial charge < -0.3 is 15.3 Å². The molecule has 35 heavy (non-hydrogen) atoms. The number of hydrogen-bond acceptors (Lipinski definition) is 5. The zero-order valence-electron chi connectivity index (χ0n) is 21.0. The van der Waals surface area contributed by atoms with E-state index >= 15 is 0 Å². The van der Waals surface area contributed by atoms with Gasteiger partial charge in [0.05, 0.1) is 24.5 Å². The fraction of sp³-hybridized carbons (Fsp3) is 0.571. The van der Waals surface area contributed by atoms with Gasteiger partial charge in [-0.2, -0.15) is 0 Å². The van der Waals surface area contributed by atoms with Gasteiger partial charge in [-0.25, -0.2) is 0 Å². The molecule has 1 aliphatic heterocycles. The average molecular weight is 549 g/mol. The smallest absolute Gasteiger partial charge is 0.233 e. The van der Waals surface area contributed by atoms with Crippen molar-refractivity contribution in [1.82, 2.24) is 4.90 Å². The molecule has 7 heteroatoms. The maximum absolute atomic E-state index is 13.2. The Hall–Kier alpha value is -1.96. The van der Waals surface area contributed by atoms with Crippen molar-refractivity contribution < 1.29 is 24.9 Å². The number of allylic oxidation sites excluding steroid dienone is 2. The topological polar surface area (TPSA) is 98.1 Å². The van der Waals surface area contributed by atoms with Gasteiger partial charge in [0, 0.05) is 22.5 Å². The zero-order valence-corrected chi connectivity index (χ0v) is 22.6. The maximum Gasteiger partial charge on any atom is 0.233 e. The van der Waals surface area contributed by atoms with E-state index in [1.54, 1.807) is 12.1 Å². The Morgan fingerprint density at radius 3 is 2.57 bits per heavy atom. The van der Waals surface area contributed by atoms with Crippen molar-refractivity contribution >= 4 is 33.8 Å². The number of carbonyl (C=O) groups is 2. The Morgan fingerprint density at radius 1 is 1.20 bits per heavy atom. The van der Waals surface area contributed by atoms with E-state index in [1.807, 2.05) is 26.0 Å². The van der Waals surface area contributed by atoms with Gasteiger partial charge in [-0.1, -0.05) is 60.3 Å². The summed E-state index contributed by atoms with van der Waals surface area (Å²) in [5.41, 5.74) is 3.59. The maximum atomic E-state index is 13.2. The fourth-order valence-corrected chi connectivity index (χ4v) is 6.08. The van der Waals surface area contributed by atoms with E-state index in [1.165, 1.54) is 4.90 Å². The van der Waals surface area contributed by atoms with E-state index in [0.29, 0.717) is 32.2 Å². The van der Waals surface area contributed by atoms with Crippen LogP contribution in [-0.4, -0.2) is 51.3 Å². The van der Waals surface area contributed by atoms with Gasteiger partial charge in [-0.15, -0.1) is 0 Å². The van der Waals surface area contributed by atoms with Crippen molar-refractivity contribution in [2.75, 3.05) is 13.2 Å². The zero-order chi connectivity index (χ0) is 25.7. The first-order valence-electron chi connectivity index (χ1n) is 12.8. The second-order valence-electron chi connectivity index (χ2n) is 9.68. The van der Waals surface area contributed by atoms with Crippen LogP contribution in [0.4, 0.5) is 0 Å². The molecule has 4 atom stereocenters. The third-order valence-electron chi connectivity index (χ3n) is 7.37. The summed E-state index contributed by atoms with van der Waals surface area (Å²) in [7, 11) is 0. The largest absolute Gasteiger partial charge is 0.507 e. The lowest BCUT2D eigenvalue weighted by atomic mass is 9.67. The lowest BCUT2D eigenvalue weighted by Crippen LogP contribution is -2.39. The van der Waals surface area contributed by atoms with Crippen molar-refractivity contribution in [2.24, 2.45) is 17.8 Å². The predicted octanol–water partition coefficient (Wildman–Crippen LogP) is 5.21. The third-order valence-corrected chi connectivity index (χ3v) is 7.87. The number of phenolic OH excluding ortho intramolecular Hbond substituents is 1. The Morgan fingerprint density at radius 2 is 1.94 bits per heavy atom. The minimum atomic E-state index is -0.802. The first kappa shape index (κ1) is 27.6. The summed E-state index contributed by atoms with van der Waals surface area (Å²) < 4.78 is 0.877. The van der Waals surface area contributed by atoms with Crippen LogP contribution >= 0.6 is 15.9 Å². The Kier molecular flexibility index (Phi) is 9.73. The number of rotatable bonds is 11. The fourth-order valence-electron chi connectivity index (χ4n) is 5.70. The minimum absolute atomic E-state index is 0.132. The van der Waals surface area contributed by atoms with E-state index in [-0.39, 0.29) is 24.2 Å². The monoisotopic (exact) mass is 547 g/mol. The number of likely N-dealkylation sites (tertiary alicyclic amines) is 1. The second kappa shape index (κ2) is 12.3. The van der Waals surface area contributed by atoms with Gasteiger partial charge in [-0.3, -0.25) is 14.5 Å². The molecule has 3 N–H and O–H groups in total. The second-order valence-corrected chi connectivity index (χ2v) is 10.6. The highest BCUT2D eigenvalue weighted by Gasteiger charge is 2.54. The van der Waals surface area contributed by atoms with Gasteiger partial charge in [0.25, 0.3) is 0 Å². The number of nitrogens with zero attached hydrogens (tertiary/aromatic N) is 1. The van der Waals surface area contributed by atoms with Crippen molar-refractivity contribution in [3.8, 4) is 5.75 Å². The molecule has 0 saturated carbocycles. The molecule has 0 radical (unpaired) electrons. The van der Waals surface area contributed by atoms with Crippen LogP contribution < -0.4 is 0 Å². The third kappa shape index (κ3) is 5.89. The summed E-state index contributed by atoms with van der Waals surface area (Å²) >= 11 is 3.44. The summed E-state index contributed by atoms with van der Waals surface area (Å²) in [6.07, 6.45) is 5.78. The molecule has 2 aliphatic rings. The van der Waals surface area contributed by atoms with Gasteiger partial charge in [0.1, 0.15) is 5.75 Å². The van der Waals surface area contributed by atoms with Gasteiger partial charge in [-0.05, 0) is 62.3 Å². The quantitative estimate of drug-likeness (QED) is 0.261. The van der Waals surface area contributed by atoms with Crippen LogP contribution in [0.15, 0.2) is 39.4 Å². The summed E-state index contributed by atoms with van der Waals surface area (Å²) in [6.45, 7) is 6.18. The lowest BCUT2D eigenvalue weighted by Gasteiger charge is -2.36. The molecule has 0 spiro atoms. The number of carbonyl (C=O) groups excluding carboxylic acids is 2. The lowest BCUT2D eigenvalue weighted by molar-refractivity contribution is -0.140. The Bertz CT molecular complexity index is 1000. The molecule has 1 aromatic rings. The van der Waals surface area contributed by atoms with Crippen LogP contribution in [0.2, 0.25) is 0 Å². The molecule has 192 valence electrons. The van der Waals surface area contributed by atoms with Crippen LogP contribution in [0.3, 0.4) is 0 Å². The van der Waals surface area contributed by atoms with E-state index in [4.69, 9.17) is 0 Å². The van der Waals surface area contributed by atoms with Crippen molar-refractivity contribution in [2.45, 2.75) is 71.8 Å². The van der Waals surface area contributed by atoms with Crippen LogP contribution in [0.25, 0.3) is 6.08 Å². The Labute approximate surface area is 216 Å². The number of imide groups is 1. The van der Waals surface area contributed by atoms with Crippen molar-refractivity contribution in [1.29, 1.82) is 0 Å². The van der Waals surface area contributed by atoms with Crippen LogP contribution in [0, 0.1) is 17.8 Å². The molecular formula is C28H38BrNO5. The number of aliphatic hydroxyl groups excluding tert-OH is 2. The molecule has 1 heterocycles. The highest BCUT2D eigenvalue weighted by atomic mass is 79.9. The number of benzene rings is 1. The van der Waals surface area contributed by atoms with Crippen molar-refractivity contribution in [3.05, 3.63) is 45.0 Å². The molecule has 1 aromatic carbocycles. The first-order valence-corrected chi connectivity index (χ1v) is 13.6. The Balaban J connectivity index is 1.86. The molecule has 1 fully saturated rings. The number of amides is 2. The van der Waals surface area contributed by atoms with Gasteiger partial charge in [0.15, 0.2) is 0 Å². The van der Waals surface area contributed by atoms with E-state index in [9.17, 15) is 24.9 Å². The standard InChI is InChI=1S/C28H38BrNO5/c1-4-7-18-15-21-26(28(35)30(12-5-2)27(21)34)22(16-31)25(18)24(33)10-8-17(6-3)13-19-14-20(29)9-11-23(19)32/h9,11,13-14,21-22,24,26,31-33H,4-8,10,12,15-16H2,1-3H3/b17-13+/t21-,22+,24-,26-/m1/s1. The molecule has 0 unspecified atom stereocenters. The summed E-state index contributed by atoms with van der Waals surface area (Å²) in [6, 6.07) is 5.29. The number of hydrogen-bond donors (Lipinski definition) is 3. The molecule has 6 nitrogen and oxygen atoms in total. The number of halogens is 1. The number of aliphatic hydroxyl groups is 2. The molecule has 3 rings (SSSR count). The summed E-state index contributed by atoms with van der Waals surface area (Å²) in [5.74, 6) is -1.70. The average Bonchev–Trinajstić information content (AvgIpc) is 3.07. The van der Waals surface area contributed by atoms with E-state index in [0.717, 1.165) is 46.0 Å². The number of aromatic hydroxyl groups is 1. The van der Waals surface area contributed by atoms with Crippen LogP contribution in [-0.2, 0) is 9.59 Å². The molecule has 0 bridgehead atoms. The number of fused-ring (bicyclic) bond motifs is 1. The van der Waals surface area contributed by atoms with Gasteiger partial charge >= 0.3 is 0 Å². The van der Waals surface area contributed by atoms with E-state index in [2.05, 4.69) is 22.9 Å². The van der Waals surface area contributed by atoms with E-state index < -0.39 is 23.9 Å². The molecule has 0 aromatic heterocycles. The predicted molar refractivity (Wildman–Crippen MR) is 140 cm³/mol. The molecule has 2 amide bonds. The molecular weight excluding hydrogens is 510 g/mol. The first-order chi connectivity index (χ1) is 16.8. The highest BCUT2D eigenvalue weighted by Crippen LogP contribution is 2.47. The molecule has 1 saturated heterocycles. The minimum Gasteiger partial charge on any atom is -0.507 e. The number of phenols is 1. The summed E-state index contributed by atoms with van der Waals surface area (Å²) in [5, 5.41) is 31.9. The highest BCUT2D eigenvalue weighted by molar-refractivity contribution is 9.10. The normalized spacial score (nSPS) is 23.8.